The number of nitrogens with zero attached hydrogens (tertiary/aromatic N) is 1. The topological polar surface area (TPSA) is 30.0 Å². The van der Waals surface area contributed by atoms with Crippen LogP contribution < -0.4 is 0 Å². The van der Waals surface area contributed by atoms with E-state index in [4.69, 9.17) is 0 Å². The first-order chi connectivity index (χ1) is 5.11. The first-order valence-electron chi connectivity index (χ1n) is 3.38. The molecule has 1 rings (SSSR count). The zero-order valence-corrected chi connectivity index (χ0v) is 7.73. The maximum atomic E-state index is 11.0. The highest BCUT2D eigenvalue weighted by molar-refractivity contribution is 7.84. The summed E-state index contributed by atoms with van der Waals surface area (Å²) in [5, 5.41) is 0.660. The molecule has 1 heterocycles. The Bertz CT molecular complexity index is 296. The average Bonchev–Trinajstić information content (AvgIpc) is 1.94. The largest absolute Gasteiger partial charge is 0.253 e. The third kappa shape index (κ3) is 1.87. The van der Waals surface area contributed by atoms with Crippen LogP contribution in [0.3, 0.4) is 0 Å². The van der Waals surface area contributed by atoms with E-state index in [9.17, 15) is 4.21 Å². The number of pyridine rings is 1. The number of aromatic nitrogens is 1. The van der Waals surface area contributed by atoms with Gasteiger partial charge in [-0.2, -0.15) is 0 Å². The number of hydrogen-bond donors (Lipinski definition) is 0. The van der Waals surface area contributed by atoms with E-state index in [1.165, 1.54) is 0 Å². The smallest absolute Gasteiger partial charge is 0.127 e. The number of aryl methyl sites for hydroxylation is 2. The molecule has 0 saturated carbocycles. The van der Waals surface area contributed by atoms with Crippen LogP contribution in [0.4, 0.5) is 0 Å². The minimum atomic E-state index is -0.959. The van der Waals surface area contributed by atoms with Crippen molar-refractivity contribution >= 4 is 10.8 Å². The van der Waals surface area contributed by atoms with Gasteiger partial charge in [0.25, 0.3) is 0 Å². The fourth-order valence-electron chi connectivity index (χ4n) is 0.756. The van der Waals surface area contributed by atoms with Crippen LogP contribution in [0.5, 0.6) is 0 Å². The van der Waals surface area contributed by atoms with Crippen LogP contribution in [0, 0.1) is 13.8 Å². The molecule has 0 aromatic carbocycles. The second-order valence-corrected chi connectivity index (χ2v) is 3.89. The van der Waals surface area contributed by atoms with Crippen LogP contribution >= 0.6 is 0 Å². The van der Waals surface area contributed by atoms with Crippen LogP contribution in [0.25, 0.3) is 0 Å². The summed E-state index contributed by atoms with van der Waals surface area (Å²) < 4.78 is 11.0. The summed E-state index contributed by atoms with van der Waals surface area (Å²) in [4.78, 5) is 4.04. The Morgan fingerprint density at radius 1 is 1.36 bits per heavy atom. The standard InChI is InChI=1S/C8H11NOS/c1-6-4-8(11(3)10)9-5-7(6)2/h4-5H,1-3H3. The van der Waals surface area contributed by atoms with E-state index in [0.29, 0.717) is 5.03 Å². The third-order valence-corrected chi connectivity index (χ3v) is 2.45. The van der Waals surface area contributed by atoms with Crippen molar-refractivity contribution in [1.29, 1.82) is 0 Å². The van der Waals surface area contributed by atoms with Crippen molar-refractivity contribution in [3.8, 4) is 0 Å². The van der Waals surface area contributed by atoms with Crippen molar-refractivity contribution in [2.75, 3.05) is 6.26 Å². The van der Waals surface area contributed by atoms with Crippen LogP contribution in [0.15, 0.2) is 17.3 Å². The summed E-state index contributed by atoms with van der Waals surface area (Å²) in [7, 11) is -0.959. The zero-order valence-electron chi connectivity index (χ0n) is 6.92. The molecule has 0 saturated heterocycles. The summed E-state index contributed by atoms with van der Waals surface area (Å²) in [5.41, 5.74) is 2.28. The van der Waals surface area contributed by atoms with E-state index in [0.717, 1.165) is 11.1 Å². The molecule has 1 aromatic heterocycles. The van der Waals surface area contributed by atoms with Crippen molar-refractivity contribution < 1.29 is 4.21 Å². The van der Waals surface area contributed by atoms with E-state index in [1.807, 2.05) is 19.9 Å². The Morgan fingerprint density at radius 2 is 2.00 bits per heavy atom. The maximum Gasteiger partial charge on any atom is 0.127 e. The van der Waals surface area contributed by atoms with Gasteiger partial charge in [-0.05, 0) is 31.0 Å². The fourth-order valence-corrected chi connectivity index (χ4v) is 1.30. The van der Waals surface area contributed by atoms with Gasteiger partial charge in [-0.3, -0.25) is 4.21 Å². The Hall–Kier alpha value is -0.700. The maximum absolute atomic E-state index is 11.0. The van der Waals surface area contributed by atoms with Gasteiger partial charge in [-0.1, -0.05) is 0 Å². The van der Waals surface area contributed by atoms with Crippen molar-refractivity contribution in [2.45, 2.75) is 18.9 Å². The van der Waals surface area contributed by atoms with Crippen LogP contribution in [0.2, 0.25) is 0 Å². The lowest BCUT2D eigenvalue weighted by Crippen LogP contribution is -1.94. The van der Waals surface area contributed by atoms with Crippen molar-refractivity contribution in [2.24, 2.45) is 0 Å². The van der Waals surface area contributed by atoms with Gasteiger partial charge >= 0.3 is 0 Å². The van der Waals surface area contributed by atoms with Crippen molar-refractivity contribution in [3.63, 3.8) is 0 Å². The molecule has 0 aliphatic heterocycles. The van der Waals surface area contributed by atoms with Gasteiger partial charge in [0.2, 0.25) is 0 Å². The Kier molecular flexibility index (Phi) is 2.39. The van der Waals surface area contributed by atoms with Gasteiger partial charge < -0.3 is 0 Å². The van der Waals surface area contributed by atoms with E-state index >= 15 is 0 Å². The lowest BCUT2D eigenvalue weighted by atomic mass is 10.2. The highest BCUT2D eigenvalue weighted by Gasteiger charge is 1.99. The Balaban J connectivity index is 3.15. The third-order valence-electron chi connectivity index (χ3n) is 1.64. The molecule has 0 fully saturated rings. The van der Waals surface area contributed by atoms with Gasteiger partial charge in [-0.15, -0.1) is 0 Å². The van der Waals surface area contributed by atoms with Gasteiger partial charge in [0.05, 0.1) is 10.8 Å². The number of rotatable bonds is 1. The summed E-state index contributed by atoms with van der Waals surface area (Å²) in [5.74, 6) is 0. The highest BCUT2D eigenvalue weighted by Crippen LogP contribution is 2.08. The summed E-state index contributed by atoms with van der Waals surface area (Å²) in [6.07, 6.45) is 3.39. The quantitative estimate of drug-likeness (QED) is 0.636. The van der Waals surface area contributed by atoms with E-state index in [-0.39, 0.29) is 0 Å². The van der Waals surface area contributed by atoms with Gasteiger partial charge in [0, 0.05) is 12.5 Å². The summed E-state index contributed by atoms with van der Waals surface area (Å²) in [6.45, 7) is 3.98. The lowest BCUT2D eigenvalue weighted by Gasteiger charge is -1.99. The molecule has 1 atom stereocenters. The molecule has 0 bridgehead atoms. The first kappa shape index (κ1) is 8.40. The molecule has 3 heteroatoms. The highest BCUT2D eigenvalue weighted by atomic mass is 32.2. The zero-order chi connectivity index (χ0) is 8.43. The molecule has 1 aromatic rings. The molecular formula is C8H11NOS. The normalized spacial score (nSPS) is 13.0. The van der Waals surface area contributed by atoms with Gasteiger partial charge in [0.15, 0.2) is 0 Å². The Morgan fingerprint density at radius 3 is 2.45 bits per heavy atom. The molecule has 60 valence electrons. The van der Waals surface area contributed by atoms with Crippen LogP contribution in [-0.2, 0) is 10.8 Å². The van der Waals surface area contributed by atoms with Gasteiger partial charge in [0.1, 0.15) is 5.03 Å². The monoisotopic (exact) mass is 169 g/mol. The number of hydrogen-bond acceptors (Lipinski definition) is 2. The SMILES string of the molecule is Cc1cnc(S(C)=O)cc1C. The molecule has 0 spiro atoms. The second kappa shape index (κ2) is 3.13. The molecule has 0 N–H and O–H groups in total. The van der Waals surface area contributed by atoms with Crippen LogP contribution in [0.1, 0.15) is 11.1 Å². The van der Waals surface area contributed by atoms with Gasteiger partial charge in [-0.25, -0.2) is 4.98 Å². The van der Waals surface area contributed by atoms with Crippen LogP contribution in [-0.4, -0.2) is 15.4 Å². The molecule has 0 radical (unpaired) electrons. The van der Waals surface area contributed by atoms with E-state index in [2.05, 4.69) is 4.98 Å². The Labute approximate surface area is 69.1 Å². The molecular weight excluding hydrogens is 158 g/mol. The van der Waals surface area contributed by atoms with Crippen molar-refractivity contribution in [3.05, 3.63) is 23.4 Å². The fraction of sp³-hybridized carbons (Fsp3) is 0.375. The van der Waals surface area contributed by atoms with E-state index < -0.39 is 10.8 Å². The van der Waals surface area contributed by atoms with E-state index in [1.54, 1.807) is 12.5 Å². The van der Waals surface area contributed by atoms with Crippen molar-refractivity contribution in [1.82, 2.24) is 4.98 Å². The molecule has 0 amide bonds. The predicted molar refractivity (Wildman–Crippen MR) is 46.0 cm³/mol. The average molecular weight is 169 g/mol. The summed E-state index contributed by atoms with van der Waals surface area (Å²) in [6, 6.07) is 1.87. The molecule has 0 aliphatic carbocycles. The first-order valence-corrected chi connectivity index (χ1v) is 4.93. The second-order valence-electron chi connectivity index (χ2n) is 2.56. The minimum absolute atomic E-state index is 0.660. The predicted octanol–water partition coefficient (Wildman–Crippen LogP) is 1.44. The molecule has 11 heavy (non-hydrogen) atoms. The molecule has 1 unspecified atom stereocenters. The minimum Gasteiger partial charge on any atom is -0.253 e. The lowest BCUT2D eigenvalue weighted by molar-refractivity contribution is 0.684. The molecule has 2 nitrogen and oxygen atoms in total. The molecule has 0 aliphatic rings. The summed E-state index contributed by atoms with van der Waals surface area (Å²) >= 11 is 0.